The van der Waals surface area contributed by atoms with Crippen molar-refractivity contribution in [2.45, 2.75) is 6.92 Å². The van der Waals surface area contributed by atoms with Crippen LogP contribution in [-0.4, -0.2) is 17.0 Å². The molecule has 0 aliphatic heterocycles. The number of aryl methyl sites for hydroxylation is 1. The summed E-state index contributed by atoms with van der Waals surface area (Å²) in [4.78, 5) is 8.03. The smallest absolute Gasteiger partial charge is 0.321 e. The second kappa shape index (κ2) is 4.61. The first-order chi connectivity index (χ1) is 7.79. The van der Waals surface area contributed by atoms with Crippen LogP contribution < -0.4 is 10.1 Å². The van der Waals surface area contributed by atoms with Gasteiger partial charge in [0.25, 0.3) is 0 Å². The van der Waals surface area contributed by atoms with Gasteiger partial charge in [0.05, 0.1) is 0 Å². The van der Waals surface area contributed by atoms with E-state index in [0.29, 0.717) is 6.01 Å². The standard InChI is InChI=1S/C12H13N3O/c1-9-4-5-10(13-2)8-11(9)16-12-14-6-3-7-15-12/h3-8,13H,1-2H3. The number of rotatable bonds is 3. The van der Waals surface area contributed by atoms with Crippen molar-refractivity contribution < 1.29 is 4.74 Å². The van der Waals surface area contributed by atoms with Gasteiger partial charge < -0.3 is 10.1 Å². The topological polar surface area (TPSA) is 47.0 Å². The Morgan fingerprint density at radius 2 is 1.94 bits per heavy atom. The van der Waals surface area contributed by atoms with E-state index in [1.165, 1.54) is 0 Å². The number of nitrogens with zero attached hydrogens (tertiary/aromatic N) is 2. The van der Waals surface area contributed by atoms with Crippen LogP contribution in [0.25, 0.3) is 0 Å². The lowest BCUT2D eigenvalue weighted by Gasteiger charge is -2.08. The highest BCUT2D eigenvalue weighted by molar-refractivity contribution is 5.51. The Morgan fingerprint density at radius 3 is 2.62 bits per heavy atom. The Morgan fingerprint density at radius 1 is 1.19 bits per heavy atom. The van der Waals surface area contributed by atoms with Gasteiger partial charge in [-0.2, -0.15) is 0 Å². The van der Waals surface area contributed by atoms with E-state index in [0.717, 1.165) is 17.0 Å². The summed E-state index contributed by atoms with van der Waals surface area (Å²) < 4.78 is 5.59. The summed E-state index contributed by atoms with van der Waals surface area (Å²) in [7, 11) is 1.87. The van der Waals surface area contributed by atoms with Crippen molar-refractivity contribution >= 4 is 5.69 Å². The molecule has 0 radical (unpaired) electrons. The molecule has 1 N–H and O–H groups in total. The van der Waals surface area contributed by atoms with E-state index in [1.807, 2.05) is 32.2 Å². The normalized spacial score (nSPS) is 9.88. The maximum absolute atomic E-state index is 5.59. The highest BCUT2D eigenvalue weighted by Crippen LogP contribution is 2.25. The third kappa shape index (κ3) is 2.28. The minimum absolute atomic E-state index is 0.360. The van der Waals surface area contributed by atoms with Crippen LogP contribution in [0.2, 0.25) is 0 Å². The van der Waals surface area contributed by atoms with Crippen molar-refractivity contribution in [1.82, 2.24) is 9.97 Å². The molecule has 16 heavy (non-hydrogen) atoms. The number of ether oxygens (including phenoxy) is 1. The predicted octanol–water partition coefficient (Wildman–Crippen LogP) is 2.62. The van der Waals surface area contributed by atoms with Crippen LogP contribution in [0.5, 0.6) is 11.8 Å². The first kappa shape index (κ1) is 10.4. The number of anilines is 1. The van der Waals surface area contributed by atoms with E-state index in [4.69, 9.17) is 4.74 Å². The zero-order chi connectivity index (χ0) is 11.4. The van der Waals surface area contributed by atoms with E-state index < -0.39 is 0 Å². The lowest BCUT2D eigenvalue weighted by atomic mass is 10.2. The fraction of sp³-hybridized carbons (Fsp3) is 0.167. The molecule has 4 heteroatoms. The molecule has 2 rings (SSSR count). The van der Waals surface area contributed by atoms with Gasteiger partial charge in [-0.15, -0.1) is 0 Å². The molecule has 1 aromatic carbocycles. The van der Waals surface area contributed by atoms with Crippen molar-refractivity contribution in [2.75, 3.05) is 12.4 Å². The Labute approximate surface area is 94.3 Å². The van der Waals surface area contributed by atoms with Gasteiger partial charge in [0.1, 0.15) is 5.75 Å². The van der Waals surface area contributed by atoms with Crippen LogP contribution in [0, 0.1) is 6.92 Å². The average molecular weight is 215 g/mol. The van der Waals surface area contributed by atoms with E-state index >= 15 is 0 Å². The fourth-order valence-corrected chi connectivity index (χ4v) is 1.30. The van der Waals surface area contributed by atoms with Crippen LogP contribution >= 0.6 is 0 Å². The molecule has 0 unspecified atom stereocenters. The lowest BCUT2D eigenvalue weighted by Crippen LogP contribution is -1.94. The average Bonchev–Trinajstić information content (AvgIpc) is 2.33. The van der Waals surface area contributed by atoms with Gasteiger partial charge in [-0.25, -0.2) is 9.97 Å². The van der Waals surface area contributed by atoms with Crippen LogP contribution in [0.3, 0.4) is 0 Å². The molecule has 0 spiro atoms. The first-order valence-corrected chi connectivity index (χ1v) is 5.03. The van der Waals surface area contributed by atoms with Gasteiger partial charge in [-0.3, -0.25) is 0 Å². The molecular weight excluding hydrogens is 202 g/mol. The molecule has 82 valence electrons. The second-order valence-corrected chi connectivity index (χ2v) is 3.36. The van der Waals surface area contributed by atoms with E-state index in [-0.39, 0.29) is 0 Å². The van der Waals surface area contributed by atoms with Crippen molar-refractivity contribution in [2.24, 2.45) is 0 Å². The summed E-state index contributed by atoms with van der Waals surface area (Å²) in [6.45, 7) is 1.98. The Kier molecular flexibility index (Phi) is 3.00. The number of nitrogens with one attached hydrogen (secondary N) is 1. The van der Waals surface area contributed by atoms with Crippen LogP contribution in [0.4, 0.5) is 5.69 Å². The fourth-order valence-electron chi connectivity index (χ4n) is 1.30. The highest BCUT2D eigenvalue weighted by atomic mass is 16.5. The molecule has 0 fully saturated rings. The number of benzene rings is 1. The third-order valence-electron chi connectivity index (χ3n) is 2.22. The molecular formula is C12H13N3O. The summed E-state index contributed by atoms with van der Waals surface area (Å²) in [5.74, 6) is 0.762. The van der Waals surface area contributed by atoms with Gasteiger partial charge in [0, 0.05) is 31.2 Å². The minimum atomic E-state index is 0.360. The molecule has 0 saturated heterocycles. The molecule has 0 atom stereocenters. The molecule has 0 bridgehead atoms. The first-order valence-electron chi connectivity index (χ1n) is 5.03. The van der Waals surface area contributed by atoms with E-state index in [9.17, 15) is 0 Å². The number of hydrogen-bond acceptors (Lipinski definition) is 4. The van der Waals surface area contributed by atoms with Gasteiger partial charge in [-0.05, 0) is 24.6 Å². The van der Waals surface area contributed by atoms with Crippen molar-refractivity contribution in [3.05, 3.63) is 42.2 Å². The maximum Gasteiger partial charge on any atom is 0.321 e. The summed E-state index contributed by atoms with van der Waals surface area (Å²) in [6, 6.07) is 8.02. The van der Waals surface area contributed by atoms with Gasteiger partial charge in [-0.1, -0.05) is 6.07 Å². The molecule has 0 saturated carbocycles. The summed E-state index contributed by atoms with van der Waals surface area (Å²) in [6.07, 6.45) is 3.30. The van der Waals surface area contributed by atoms with E-state index in [1.54, 1.807) is 18.5 Å². The Balaban J connectivity index is 2.27. The monoisotopic (exact) mass is 215 g/mol. The van der Waals surface area contributed by atoms with Crippen molar-refractivity contribution in [1.29, 1.82) is 0 Å². The predicted molar refractivity (Wildman–Crippen MR) is 62.8 cm³/mol. The van der Waals surface area contributed by atoms with Crippen molar-refractivity contribution in [3.8, 4) is 11.8 Å². The maximum atomic E-state index is 5.59. The second-order valence-electron chi connectivity index (χ2n) is 3.36. The molecule has 2 aromatic rings. The van der Waals surface area contributed by atoms with Gasteiger partial charge >= 0.3 is 6.01 Å². The molecule has 0 aliphatic rings. The largest absolute Gasteiger partial charge is 0.424 e. The molecule has 0 amide bonds. The van der Waals surface area contributed by atoms with Crippen LogP contribution in [-0.2, 0) is 0 Å². The Hall–Kier alpha value is -2.10. The number of hydrogen-bond donors (Lipinski definition) is 1. The third-order valence-corrected chi connectivity index (χ3v) is 2.22. The quantitative estimate of drug-likeness (QED) is 0.855. The zero-order valence-corrected chi connectivity index (χ0v) is 9.27. The van der Waals surface area contributed by atoms with Crippen LogP contribution in [0.15, 0.2) is 36.7 Å². The highest BCUT2D eigenvalue weighted by Gasteiger charge is 2.03. The minimum Gasteiger partial charge on any atom is -0.424 e. The van der Waals surface area contributed by atoms with Gasteiger partial charge in [0.2, 0.25) is 0 Å². The van der Waals surface area contributed by atoms with Crippen molar-refractivity contribution in [3.63, 3.8) is 0 Å². The molecule has 1 aromatic heterocycles. The molecule has 0 aliphatic carbocycles. The number of aromatic nitrogens is 2. The summed E-state index contributed by atoms with van der Waals surface area (Å²) in [5.41, 5.74) is 2.04. The van der Waals surface area contributed by atoms with Gasteiger partial charge in [0.15, 0.2) is 0 Å². The SMILES string of the molecule is CNc1ccc(C)c(Oc2ncccn2)c1. The Bertz CT molecular complexity index is 471. The van der Waals surface area contributed by atoms with E-state index in [2.05, 4.69) is 15.3 Å². The zero-order valence-electron chi connectivity index (χ0n) is 9.27. The van der Waals surface area contributed by atoms with Crippen LogP contribution in [0.1, 0.15) is 5.56 Å². The summed E-state index contributed by atoms with van der Waals surface area (Å²) in [5, 5.41) is 3.06. The molecule has 4 nitrogen and oxygen atoms in total. The molecule has 1 heterocycles. The lowest BCUT2D eigenvalue weighted by molar-refractivity contribution is 0.439. The summed E-state index contributed by atoms with van der Waals surface area (Å²) >= 11 is 0.